The largest absolute Gasteiger partial charge is 0.378 e. The van der Waals surface area contributed by atoms with E-state index in [1.54, 1.807) is 0 Å². The zero-order chi connectivity index (χ0) is 13.9. The van der Waals surface area contributed by atoms with E-state index in [1.807, 2.05) is 13.8 Å². The number of carbonyl (C=O) groups is 1. The number of nitrogens with one attached hydrogen (secondary N) is 2. The van der Waals surface area contributed by atoms with Crippen LogP contribution in [0.4, 0.5) is 0 Å². The van der Waals surface area contributed by atoms with Gasteiger partial charge in [-0.3, -0.25) is 4.79 Å². The number of rotatable bonds is 7. The monoisotopic (exact) mass is 268 g/mol. The minimum atomic E-state index is 0.0732. The average Bonchev–Trinajstić information content (AvgIpc) is 2.29. The predicted octanol–water partition coefficient (Wildman–Crippen LogP) is 1.70. The molecule has 110 valence electrons. The first kappa shape index (κ1) is 14.8. The summed E-state index contributed by atoms with van der Waals surface area (Å²) in [6.45, 7) is 8.33. The van der Waals surface area contributed by atoms with Crippen LogP contribution in [0.5, 0.6) is 0 Å². The maximum absolute atomic E-state index is 11.4. The Balaban J connectivity index is 1.66. The van der Waals surface area contributed by atoms with Crippen molar-refractivity contribution in [3.05, 3.63) is 0 Å². The van der Waals surface area contributed by atoms with E-state index < -0.39 is 0 Å². The number of amides is 1. The Morgan fingerprint density at radius 1 is 1.37 bits per heavy atom. The number of hydrogen-bond acceptors (Lipinski definition) is 3. The van der Waals surface area contributed by atoms with Gasteiger partial charge in [0, 0.05) is 37.1 Å². The van der Waals surface area contributed by atoms with Crippen LogP contribution in [0.2, 0.25) is 0 Å². The van der Waals surface area contributed by atoms with Crippen LogP contribution in [0.3, 0.4) is 0 Å². The van der Waals surface area contributed by atoms with Gasteiger partial charge < -0.3 is 15.4 Å². The molecule has 2 saturated carbocycles. The second kappa shape index (κ2) is 6.23. The molecule has 2 atom stereocenters. The fourth-order valence-electron chi connectivity index (χ4n) is 3.36. The highest BCUT2D eigenvalue weighted by atomic mass is 16.5. The molecular weight excluding hydrogens is 240 g/mol. The summed E-state index contributed by atoms with van der Waals surface area (Å²) in [6, 6.07) is 0.591. The van der Waals surface area contributed by atoms with Crippen LogP contribution < -0.4 is 10.6 Å². The van der Waals surface area contributed by atoms with Crippen LogP contribution in [0.15, 0.2) is 0 Å². The Hall–Kier alpha value is -0.610. The Kier molecular flexibility index (Phi) is 4.85. The maximum atomic E-state index is 11.4. The van der Waals surface area contributed by atoms with E-state index in [0.717, 1.165) is 26.1 Å². The van der Waals surface area contributed by atoms with Crippen LogP contribution in [-0.4, -0.2) is 37.7 Å². The Bertz CT molecular complexity index is 313. The van der Waals surface area contributed by atoms with E-state index in [2.05, 4.69) is 17.6 Å². The summed E-state index contributed by atoms with van der Waals surface area (Å²) >= 11 is 0. The number of ether oxygens (including phenoxy) is 1. The SMILES string of the molecule is CCOC1CC(NCCNC(=O)C(C)C)C12CCC2. The van der Waals surface area contributed by atoms with Crippen LogP contribution in [0.25, 0.3) is 0 Å². The first-order valence-corrected chi connectivity index (χ1v) is 7.73. The third kappa shape index (κ3) is 2.95. The van der Waals surface area contributed by atoms with E-state index in [1.165, 1.54) is 19.3 Å². The lowest BCUT2D eigenvalue weighted by Gasteiger charge is -2.61. The second-order valence-electron chi connectivity index (χ2n) is 6.22. The highest BCUT2D eigenvalue weighted by molar-refractivity contribution is 5.77. The van der Waals surface area contributed by atoms with Crippen molar-refractivity contribution < 1.29 is 9.53 Å². The van der Waals surface area contributed by atoms with Crippen molar-refractivity contribution in [1.82, 2.24) is 10.6 Å². The Labute approximate surface area is 116 Å². The maximum Gasteiger partial charge on any atom is 0.222 e. The van der Waals surface area contributed by atoms with Crippen LogP contribution in [0, 0.1) is 11.3 Å². The first-order chi connectivity index (χ1) is 9.10. The van der Waals surface area contributed by atoms with E-state index >= 15 is 0 Å². The fraction of sp³-hybridized carbons (Fsp3) is 0.933. The molecule has 0 heterocycles. The van der Waals surface area contributed by atoms with Crippen LogP contribution in [-0.2, 0) is 9.53 Å². The van der Waals surface area contributed by atoms with E-state index in [-0.39, 0.29) is 11.8 Å². The third-order valence-corrected chi connectivity index (χ3v) is 4.78. The van der Waals surface area contributed by atoms with Crippen molar-refractivity contribution in [2.45, 2.75) is 58.6 Å². The smallest absolute Gasteiger partial charge is 0.222 e. The van der Waals surface area contributed by atoms with E-state index in [0.29, 0.717) is 17.6 Å². The molecule has 0 aromatic heterocycles. The van der Waals surface area contributed by atoms with Crippen molar-refractivity contribution in [2.75, 3.05) is 19.7 Å². The molecule has 0 aromatic carbocycles. The number of hydrogen-bond donors (Lipinski definition) is 2. The Morgan fingerprint density at radius 3 is 2.63 bits per heavy atom. The summed E-state index contributed by atoms with van der Waals surface area (Å²) in [7, 11) is 0. The summed E-state index contributed by atoms with van der Waals surface area (Å²) in [6.07, 6.45) is 5.54. The predicted molar refractivity (Wildman–Crippen MR) is 76.0 cm³/mol. The third-order valence-electron chi connectivity index (χ3n) is 4.78. The molecule has 1 amide bonds. The van der Waals surface area contributed by atoms with Crippen molar-refractivity contribution in [3.8, 4) is 0 Å². The first-order valence-electron chi connectivity index (χ1n) is 7.73. The molecule has 2 fully saturated rings. The van der Waals surface area contributed by atoms with Crippen molar-refractivity contribution in [3.63, 3.8) is 0 Å². The zero-order valence-corrected chi connectivity index (χ0v) is 12.5. The lowest BCUT2D eigenvalue weighted by molar-refractivity contribution is -0.172. The molecule has 2 N–H and O–H groups in total. The van der Waals surface area contributed by atoms with E-state index in [4.69, 9.17) is 4.74 Å². The summed E-state index contributed by atoms with van der Waals surface area (Å²) in [4.78, 5) is 11.4. The molecule has 1 spiro atoms. The summed E-state index contributed by atoms with van der Waals surface area (Å²) in [5, 5.41) is 6.55. The molecule has 2 rings (SSSR count). The summed E-state index contributed by atoms with van der Waals surface area (Å²) < 4.78 is 5.83. The molecular formula is C15H28N2O2. The molecule has 0 radical (unpaired) electrons. The molecule has 2 unspecified atom stereocenters. The van der Waals surface area contributed by atoms with E-state index in [9.17, 15) is 4.79 Å². The van der Waals surface area contributed by atoms with Gasteiger partial charge >= 0.3 is 0 Å². The summed E-state index contributed by atoms with van der Waals surface area (Å²) in [5.41, 5.74) is 0.415. The van der Waals surface area contributed by atoms with Gasteiger partial charge in [0.2, 0.25) is 5.91 Å². The van der Waals surface area contributed by atoms with Gasteiger partial charge in [-0.2, -0.15) is 0 Å². The van der Waals surface area contributed by atoms with Gasteiger partial charge in [-0.25, -0.2) is 0 Å². The molecule has 0 bridgehead atoms. The van der Waals surface area contributed by atoms with Crippen LogP contribution in [0.1, 0.15) is 46.5 Å². The van der Waals surface area contributed by atoms with Gasteiger partial charge in [-0.1, -0.05) is 20.3 Å². The minimum Gasteiger partial charge on any atom is -0.378 e. The topological polar surface area (TPSA) is 50.4 Å². The second-order valence-corrected chi connectivity index (χ2v) is 6.22. The quantitative estimate of drug-likeness (QED) is 0.691. The molecule has 2 aliphatic carbocycles. The van der Waals surface area contributed by atoms with Gasteiger partial charge in [0.15, 0.2) is 0 Å². The standard InChI is InChI=1S/C15H28N2O2/c1-4-19-13-10-12(15(13)6-5-7-15)16-8-9-17-14(18)11(2)3/h11-13,16H,4-10H2,1-3H3,(H,17,18). The lowest BCUT2D eigenvalue weighted by atomic mass is 9.51. The van der Waals surface area contributed by atoms with Crippen LogP contribution >= 0.6 is 0 Å². The van der Waals surface area contributed by atoms with Gasteiger partial charge in [0.25, 0.3) is 0 Å². The fourth-order valence-corrected chi connectivity index (χ4v) is 3.36. The molecule has 4 nitrogen and oxygen atoms in total. The van der Waals surface area contributed by atoms with Gasteiger partial charge in [-0.05, 0) is 26.2 Å². The highest BCUT2D eigenvalue weighted by Crippen LogP contribution is 2.57. The molecule has 0 aliphatic heterocycles. The van der Waals surface area contributed by atoms with Gasteiger partial charge in [0.1, 0.15) is 0 Å². The molecule has 4 heteroatoms. The minimum absolute atomic E-state index is 0.0732. The highest BCUT2D eigenvalue weighted by Gasteiger charge is 2.58. The van der Waals surface area contributed by atoms with Gasteiger partial charge in [-0.15, -0.1) is 0 Å². The molecule has 0 aromatic rings. The molecule has 2 aliphatic rings. The van der Waals surface area contributed by atoms with Crippen molar-refractivity contribution in [1.29, 1.82) is 0 Å². The Morgan fingerprint density at radius 2 is 2.11 bits per heavy atom. The normalized spacial score (nSPS) is 28.0. The lowest BCUT2D eigenvalue weighted by Crippen LogP contribution is -2.67. The summed E-state index contributed by atoms with van der Waals surface area (Å²) in [5.74, 6) is 0.213. The average molecular weight is 268 g/mol. The molecule has 0 saturated heterocycles. The van der Waals surface area contributed by atoms with Gasteiger partial charge in [0.05, 0.1) is 6.10 Å². The molecule has 19 heavy (non-hydrogen) atoms. The van der Waals surface area contributed by atoms with Crippen molar-refractivity contribution >= 4 is 5.91 Å². The van der Waals surface area contributed by atoms with Crippen molar-refractivity contribution in [2.24, 2.45) is 11.3 Å². The zero-order valence-electron chi connectivity index (χ0n) is 12.5. The number of carbonyl (C=O) groups excluding carboxylic acids is 1.